The van der Waals surface area contributed by atoms with Crippen molar-refractivity contribution in [2.75, 3.05) is 5.75 Å². The van der Waals surface area contributed by atoms with Gasteiger partial charge in [-0.25, -0.2) is 0 Å². The molecule has 0 saturated carbocycles. The van der Waals surface area contributed by atoms with E-state index in [0.717, 1.165) is 5.75 Å². The predicted octanol–water partition coefficient (Wildman–Crippen LogP) is 3.59. The number of hydrogen-bond acceptors (Lipinski definition) is 1. The lowest BCUT2D eigenvalue weighted by Gasteiger charge is -2.11. The van der Waals surface area contributed by atoms with Gasteiger partial charge in [-0.3, -0.25) is 0 Å². The van der Waals surface area contributed by atoms with Crippen molar-refractivity contribution in [2.45, 2.75) is 44.9 Å². The van der Waals surface area contributed by atoms with E-state index in [4.69, 9.17) is 0 Å². The van der Waals surface area contributed by atoms with Crippen molar-refractivity contribution in [3.8, 4) is 0 Å². The van der Waals surface area contributed by atoms with Crippen LogP contribution in [-0.2, 0) is 0 Å². The Kier molecular flexibility index (Phi) is 4.76. The fourth-order valence-electron chi connectivity index (χ4n) is 1.60. The first kappa shape index (κ1) is 9.18. The van der Waals surface area contributed by atoms with Crippen molar-refractivity contribution in [3.63, 3.8) is 0 Å². The lowest BCUT2D eigenvalue weighted by molar-refractivity contribution is 0.656. The van der Waals surface area contributed by atoms with E-state index in [-0.39, 0.29) is 0 Å². The zero-order valence-electron chi connectivity index (χ0n) is 7.18. The Morgan fingerprint density at radius 1 is 1.27 bits per heavy atom. The normalized spacial score (nSPS) is 18.1. The van der Waals surface area contributed by atoms with Crippen molar-refractivity contribution < 1.29 is 0 Å². The molecule has 0 aromatic rings. The molecule has 0 fully saturated rings. The minimum absolute atomic E-state index is 1.05. The largest absolute Gasteiger partial charge is 0.179 e. The molecule has 1 aliphatic carbocycles. The number of allylic oxidation sites excluding steroid dienone is 2. The highest BCUT2D eigenvalue weighted by Gasteiger charge is 2.01. The van der Waals surface area contributed by atoms with Crippen LogP contribution < -0.4 is 0 Å². The Morgan fingerprint density at radius 2 is 2.18 bits per heavy atom. The third-order valence-corrected chi connectivity index (χ3v) is 2.61. The first-order valence-corrected chi connectivity index (χ1v) is 5.35. The molecule has 11 heavy (non-hydrogen) atoms. The van der Waals surface area contributed by atoms with E-state index in [1.54, 1.807) is 5.57 Å². The van der Waals surface area contributed by atoms with Gasteiger partial charge in [-0.1, -0.05) is 11.6 Å². The molecule has 0 N–H and O–H groups in total. The Bertz CT molecular complexity index is 127. The molecule has 0 aromatic carbocycles. The van der Waals surface area contributed by atoms with Gasteiger partial charge >= 0.3 is 0 Å². The van der Waals surface area contributed by atoms with E-state index in [9.17, 15) is 0 Å². The lowest BCUT2D eigenvalue weighted by atomic mass is 9.96. The van der Waals surface area contributed by atoms with Crippen LogP contribution in [0, 0.1) is 0 Å². The average molecular weight is 170 g/mol. The number of hydrogen-bond donors (Lipinski definition) is 1. The Morgan fingerprint density at radius 3 is 2.82 bits per heavy atom. The lowest BCUT2D eigenvalue weighted by Crippen LogP contribution is -1.92. The molecule has 0 bridgehead atoms. The highest BCUT2D eigenvalue weighted by Crippen LogP contribution is 2.21. The molecule has 0 spiro atoms. The maximum atomic E-state index is 4.20. The quantitative estimate of drug-likeness (QED) is 0.372. The number of rotatable bonds is 4. The maximum absolute atomic E-state index is 4.20. The van der Waals surface area contributed by atoms with Gasteiger partial charge in [0, 0.05) is 0 Å². The maximum Gasteiger partial charge on any atom is -0.00978 e. The van der Waals surface area contributed by atoms with Crippen LogP contribution in [0.1, 0.15) is 44.9 Å². The number of thiol groups is 1. The van der Waals surface area contributed by atoms with Crippen LogP contribution in [0.3, 0.4) is 0 Å². The van der Waals surface area contributed by atoms with Gasteiger partial charge in [0.05, 0.1) is 0 Å². The molecule has 0 unspecified atom stereocenters. The molecule has 0 aliphatic heterocycles. The molecule has 0 amide bonds. The summed E-state index contributed by atoms with van der Waals surface area (Å²) in [4.78, 5) is 0. The van der Waals surface area contributed by atoms with Crippen LogP contribution in [0.2, 0.25) is 0 Å². The third-order valence-electron chi connectivity index (χ3n) is 2.29. The molecule has 0 atom stereocenters. The van der Waals surface area contributed by atoms with Gasteiger partial charge in [-0.2, -0.15) is 12.6 Å². The number of unbranched alkanes of at least 4 members (excludes halogenated alkanes) is 1. The van der Waals surface area contributed by atoms with Crippen LogP contribution in [0.5, 0.6) is 0 Å². The zero-order chi connectivity index (χ0) is 7.94. The molecular formula is C10H18S. The fourth-order valence-corrected chi connectivity index (χ4v) is 1.82. The van der Waals surface area contributed by atoms with Crippen molar-refractivity contribution in [2.24, 2.45) is 0 Å². The summed E-state index contributed by atoms with van der Waals surface area (Å²) in [6, 6.07) is 0. The molecule has 0 radical (unpaired) electrons. The molecule has 64 valence electrons. The van der Waals surface area contributed by atoms with Gasteiger partial charge in [0.25, 0.3) is 0 Å². The first-order valence-electron chi connectivity index (χ1n) is 4.72. The summed E-state index contributed by atoms with van der Waals surface area (Å²) in [6.07, 6.45) is 11.9. The standard InChI is InChI=1S/C10H18S/c11-9-5-4-8-10-6-2-1-3-7-10/h6,11H,1-5,7-9H2. The summed E-state index contributed by atoms with van der Waals surface area (Å²) in [5, 5.41) is 0. The molecule has 1 heteroatoms. The summed E-state index contributed by atoms with van der Waals surface area (Å²) < 4.78 is 0. The minimum Gasteiger partial charge on any atom is -0.179 e. The Labute approximate surface area is 75.5 Å². The molecule has 0 aromatic heterocycles. The van der Waals surface area contributed by atoms with Gasteiger partial charge in [0.15, 0.2) is 0 Å². The van der Waals surface area contributed by atoms with Gasteiger partial charge < -0.3 is 0 Å². The second-order valence-corrected chi connectivity index (χ2v) is 3.74. The summed E-state index contributed by atoms with van der Waals surface area (Å²) in [7, 11) is 0. The van der Waals surface area contributed by atoms with Gasteiger partial charge in [-0.05, 0) is 50.7 Å². The minimum atomic E-state index is 1.05. The molecule has 1 rings (SSSR count). The topological polar surface area (TPSA) is 0 Å². The average Bonchev–Trinajstić information content (AvgIpc) is 2.07. The monoisotopic (exact) mass is 170 g/mol. The van der Waals surface area contributed by atoms with Crippen molar-refractivity contribution in [3.05, 3.63) is 11.6 Å². The van der Waals surface area contributed by atoms with Crippen molar-refractivity contribution >= 4 is 12.6 Å². The SMILES string of the molecule is SCCCCC1=CCCCC1. The fraction of sp³-hybridized carbons (Fsp3) is 0.800. The smallest absolute Gasteiger partial charge is 0.00978 e. The second kappa shape index (κ2) is 5.70. The Balaban J connectivity index is 2.09. The molecule has 1 aliphatic rings. The van der Waals surface area contributed by atoms with Crippen molar-refractivity contribution in [1.29, 1.82) is 0 Å². The Hall–Kier alpha value is 0.0900. The molecule has 0 saturated heterocycles. The first-order chi connectivity index (χ1) is 5.43. The van der Waals surface area contributed by atoms with Crippen LogP contribution in [-0.4, -0.2) is 5.75 Å². The molecule has 0 nitrogen and oxygen atoms in total. The van der Waals surface area contributed by atoms with Gasteiger partial charge in [0.2, 0.25) is 0 Å². The predicted molar refractivity (Wildman–Crippen MR) is 54.3 cm³/mol. The van der Waals surface area contributed by atoms with E-state index in [0.29, 0.717) is 0 Å². The van der Waals surface area contributed by atoms with E-state index < -0.39 is 0 Å². The summed E-state index contributed by atoms with van der Waals surface area (Å²) in [6.45, 7) is 0. The van der Waals surface area contributed by atoms with E-state index >= 15 is 0 Å². The van der Waals surface area contributed by atoms with Crippen LogP contribution >= 0.6 is 12.6 Å². The van der Waals surface area contributed by atoms with Crippen LogP contribution in [0.4, 0.5) is 0 Å². The third kappa shape index (κ3) is 3.85. The zero-order valence-corrected chi connectivity index (χ0v) is 8.08. The van der Waals surface area contributed by atoms with Crippen molar-refractivity contribution in [1.82, 2.24) is 0 Å². The summed E-state index contributed by atoms with van der Waals surface area (Å²) in [5.74, 6) is 1.05. The summed E-state index contributed by atoms with van der Waals surface area (Å²) in [5.41, 5.74) is 1.71. The molecular weight excluding hydrogens is 152 g/mol. The van der Waals surface area contributed by atoms with Crippen LogP contribution in [0.25, 0.3) is 0 Å². The van der Waals surface area contributed by atoms with Gasteiger partial charge in [-0.15, -0.1) is 0 Å². The highest BCUT2D eigenvalue weighted by atomic mass is 32.1. The highest BCUT2D eigenvalue weighted by molar-refractivity contribution is 7.80. The van der Waals surface area contributed by atoms with E-state index in [1.807, 2.05) is 0 Å². The molecule has 0 heterocycles. The summed E-state index contributed by atoms with van der Waals surface area (Å²) >= 11 is 4.20. The second-order valence-electron chi connectivity index (χ2n) is 3.29. The van der Waals surface area contributed by atoms with E-state index in [2.05, 4.69) is 18.7 Å². The van der Waals surface area contributed by atoms with Crippen LogP contribution in [0.15, 0.2) is 11.6 Å². The van der Waals surface area contributed by atoms with Gasteiger partial charge in [0.1, 0.15) is 0 Å². The van der Waals surface area contributed by atoms with E-state index in [1.165, 1.54) is 44.9 Å².